The fourth-order valence-corrected chi connectivity index (χ4v) is 6.42. The Kier molecular flexibility index (Phi) is 9.30. The van der Waals surface area contributed by atoms with E-state index in [1.54, 1.807) is 37.3 Å². The summed E-state index contributed by atoms with van der Waals surface area (Å²) in [5.74, 6) is -0.677. The maximum absolute atomic E-state index is 14.1. The molecule has 0 heterocycles. The normalized spacial score (nSPS) is 14.5. The van der Waals surface area contributed by atoms with Gasteiger partial charge in [-0.25, -0.2) is 8.42 Å². The summed E-state index contributed by atoms with van der Waals surface area (Å²) < 4.78 is 28.9. The molecule has 0 spiro atoms. The smallest absolute Gasteiger partial charge is 0.264 e. The van der Waals surface area contributed by atoms with E-state index in [1.165, 1.54) is 17.0 Å². The third kappa shape index (κ3) is 6.91. The minimum absolute atomic E-state index is 0.0955. The lowest BCUT2D eigenvalue weighted by Crippen LogP contribution is -2.52. The highest BCUT2D eigenvalue weighted by Crippen LogP contribution is 2.27. The first-order valence-electron chi connectivity index (χ1n) is 13.9. The second-order valence-corrected chi connectivity index (χ2v) is 12.6. The highest BCUT2D eigenvalue weighted by molar-refractivity contribution is 7.92. The number of aryl methyl sites for hydroxylation is 3. The predicted molar refractivity (Wildman–Crippen MR) is 158 cm³/mol. The van der Waals surface area contributed by atoms with Crippen LogP contribution in [0.4, 0.5) is 5.69 Å². The van der Waals surface area contributed by atoms with Gasteiger partial charge in [-0.1, -0.05) is 66.9 Å². The number of carbonyl (C=O) groups excluding carboxylic acids is 2. The van der Waals surface area contributed by atoms with Crippen molar-refractivity contribution in [3.8, 4) is 0 Å². The maximum atomic E-state index is 14.1. The standard InChI is InChI=1S/C32H39N3O4S/c1-23-14-17-27(18-15-23)21-34(26(4)32(37)33-28-10-8-9-11-28)31(36)22-35(29-19-16-24(2)25(3)20-29)40(38,39)30-12-6-5-7-13-30/h5-7,12-20,26,28H,8-11,21-22H2,1-4H3,(H,33,37). The average molecular weight is 562 g/mol. The molecule has 0 saturated heterocycles. The number of nitrogens with one attached hydrogen (secondary N) is 1. The largest absolute Gasteiger partial charge is 0.352 e. The molecule has 1 fully saturated rings. The average Bonchev–Trinajstić information content (AvgIpc) is 3.46. The first-order chi connectivity index (χ1) is 19.1. The highest BCUT2D eigenvalue weighted by atomic mass is 32.2. The van der Waals surface area contributed by atoms with Gasteiger partial charge in [-0.2, -0.15) is 0 Å². The molecule has 0 aromatic heterocycles. The van der Waals surface area contributed by atoms with Crippen LogP contribution in [0.25, 0.3) is 0 Å². The Bertz CT molecular complexity index is 1430. The molecule has 40 heavy (non-hydrogen) atoms. The lowest BCUT2D eigenvalue weighted by molar-refractivity contribution is -0.139. The molecular weight excluding hydrogens is 522 g/mol. The molecule has 4 rings (SSSR count). The fourth-order valence-electron chi connectivity index (χ4n) is 4.99. The summed E-state index contributed by atoms with van der Waals surface area (Å²) in [6.45, 7) is 7.31. The summed E-state index contributed by atoms with van der Waals surface area (Å²) in [6.07, 6.45) is 4.02. The summed E-state index contributed by atoms with van der Waals surface area (Å²) >= 11 is 0. The van der Waals surface area contributed by atoms with Crippen LogP contribution in [0.1, 0.15) is 54.9 Å². The van der Waals surface area contributed by atoms with Gasteiger partial charge in [-0.3, -0.25) is 13.9 Å². The van der Waals surface area contributed by atoms with Crippen molar-refractivity contribution in [2.45, 2.75) is 76.9 Å². The SMILES string of the molecule is Cc1ccc(CN(C(=O)CN(c2ccc(C)c(C)c2)S(=O)(=O)c2ccccc2)C(C)C(=O)NC2CCCC2)cc1. The number of rotatable bonds is 10. The van der Waals surface area contributed by atoms with Gasteiger partial charge in [0.25, 0.3) is 10.0 Å². The van der Waals surface area contributed by atoms with E-state index in [2.05, 4.69) is 5.32 Å². The first kappa shape index (κ1) is 29.3. The molecule has 0 bridgehead atoms. The monoisotopic (exact) mass is 561 g/mol. The molecule has 0 radical (unpaired) electrons. The minimum Gasteiger partial charge on any atom is -0.352 e. The van der Waals surface area contributed by atoms with Crippen LogP contribution in [0.5, 0.6) is 0 Å². The van der Waals surface area contributed by atoms with Crippen LogP contribution in [0.15, 0.2) is 77.7 Å². The van der Waals surface area contributed by atoms with Crippen LogP contribution in [-0.4, -0.2) is 43.8 Å². The quantitative estimate of drug-likeness (QED) is 0.365. The van der Waals surface area contributed by atoms with Crippen LogP contribution in [0, 0.1) is 20.8 Å². The van der Waals surface area contributed by atoms with Crippen LogP contribution in [0.3, 0.4) is 0 Å². The number of hydrogen-bond donors (Lipinski definition) is 1. The Hall–Kier alpha value is -3.65. The van der Waals surface area contributed by atoms with Crippen molar-refractivity contribution in [3.05, 3.63) is 95.1 Å². The number of carbonyl (C=O) groups is 2. The van der Waals surface area contributed by atoms with Gasteiger partial charge in [0.15, 0.2) is 0 Å². The van der Waals surface area contributed by atoms with Crippen molar-refractivity contribution in [2.24, 2.45) is 0 Å². The van der Waals surface area contributed by atoms with E-state index in [0.29, 0.717) is 5.69 Å². The van der Waals surface area contributed by atoms with E-state index in [1.807, 2.05) is 51.1 Å². The third-order valence-electron chi connectivity index (χ3n) is 7.73. The molecule has 1 saturated carbocycles. The number of sulfonamides is 1. The topological polar surface area (TPSA) is 86.8 Å². The van der Waals surface area contributed by atoms with Crippen LogP contribution in [0.2, 0.25) is 0 Å². The molecule has 8 heteroatoms. The zero-order valence-electron chi connectivity index (χ0n) is 23.8. The van der Waals surface area contributed by atoms with E-state index >= 15 is 0 Å². The van der Waals surface area contributed by atoms with Gasteiger partial charge in [0.05, 0.1) is 10.6 Å². The Balaban J connectivity index is 1.69. The molecule has 0 aliphatic heterocycles. The maximum Gasteiger partial charge on any atom is 0.264 e. The highest BCUT2D eigenvalue weighted by Gasteiger charge is 2.33. The first-order valence-corrected chi connectivity index (χ1v) is 15.3. The van der Waals surface area contributed by atoms with E-state index < -0.39 is 28.5 Å². The van der Waals surface area contributed by atoms with Crippen molar-refractivity contribution < 1.29 is 18.0 Å². The predicted octanol–water partition coefficient (Wildman–Crippen LogP) is 5.28. The fraction of sp³-hybridized carbons (Fsp3) is 0.375. The molecule has 1 aliphatic carbocycles. The molecule has 7 nitrogen and oxygen atoms in total. The van der Waals surface area contributed by atoms with Crippen molar-refractivity contribution in [1.82, 2.24) is 10.2 Å². The Morgan fingerprint density at radius 3 is 2.17 bits per heavy atom. The van der Waals surface area contributed by atoms with E-state index in [4.69, 9.17) is 0 Å². The summed E-state index contributed by atoms with van der Waals surface area (Å²) in [6, 6.07) is 20.6. The van der Waals surface area contributed by atoms with Gasteiger partial charge in [0, 0.05) is 12.6 Å². The van der Waals surface area contributed by atoms with E-state index in [-0.39, 0.29) is 23.4 Å². The number of amides is 2. The molecule has 1 atom stereocenters. The molecule has 1 aliphatic rings. The van der Waals surface area contributed by atoms with E-state index in [0.717, 1.165) is 52.2 Å². The number of anilines is 1. The molecule has 1 unspecified atom stereocenters. The summed E-state index contributed by atoms with van der Waals surface area (Å²) in [5.41, 5.74) is 4.29. The Morgan fingerprint density at radius 2 is 1.55 bits per heavy atom. The van der Waals surface area contributed by atoms with E-state index in [9.17, 15) is 18.0 Å². The van der Waals surface area contributed by atoms with Gasteiger partial charge >= 0.3 is 0 Å². The Labute approximate surface area is 238 Å². The van der Waals surface area contributed by atoms with Crippen LogP contribution >= 0.6 is 0 Å². The summed E-state index contributed by atoms with van der Waals surface area (Å²) in [4.78, 5) is 28.9. The second-order valence-electron chi connectivity index (χ2n) is 10.8. The van der Waals surface area contributed by atoms with Crippen LogP contribution in [-0.2, 0) is 26.2 Å². The van der Waals surface area contributed by atoms with Gasteiger partial charge in [-0.15, -0.1) is 0 Å². The molecule has 3 aromatic rings. The zero-order chi connectivity index (χ0) is 28.9. The number of nitrogens with zero attached hydrogens (tertiary/aromatic N) is 2. The van der Waals surface area contributed by atoms with Crippen LogP contribution < -0.4 is 9.62 Å². The summed E-state index contributed by atoms with van der Waals surface area (Å²) in [5, 5.41) is 3.10. The second kappa shape index (κ2) is 12.7. The molecule has 1 N–H and O–H groups in total. The molecule has 2 amide bonds. The van der Waals surface area contributed by atoms with Gasteiger partial charge in [0.1, 0.15) is 12.6 Å². The van der Waals surface area contributed by atoms with Gasteiger partial charge in [-0.05, 0) is 81.5 Å². The zero-order valence-corrected chi connectivity index (χ0v) is 24.6. The minimum atomic E-state index is -4.07. The Morgan fingerprint density at radius 1 is 0.900 bits per heavy atom. The summed E-state index contributed by atoms with van der Waals surface area (Å²) in [7, 11) is -4.07. The number of hydrogen-bond acceptors (Lipinski definition) is 4. The van der Waals surface area contributed by atoms with Crippen molar-refractivity contribution >= 4 is 27.5 Å². The lowest BCUT2D eigenvalue weighted by atomic mass is 10.1. The molecular formula is C32H39N3O4S. The van der Waals surface area contributed by atoms with Crippen molar-refractivity contribution in [2.75, 3.05) is 10.8 Å². The molecule has 3 aromatic carbocycles. The molecule has 212 valence electrons. The van der Waals surface area contributed by atoms with Gasteiger partial charge < -0.3 is 10.2 Å². The van der Waals surface area contributed by atoms with Crippen molar-refractivity contribution in [1.29, 1.82) is 0 Å². The third-order valence-corrected chi connectivity index (χ3v) is 9.52. The lowest BCUT2D eigenvalue weighted by Gasteiger charge is -2.32. The van der Waals surface area contributed by atoms with Crippen molar-refractivity contribution in [3.63, 3.8) is 0 Å². The number of benzene rings is 3. The van der Waals surface area contributed by atoms with Gasteiger partial charge in [0.2, 0.25) is 11.8 Å².